The van der Waals surface area contributed by atoms with Crippen molar-refractivity contribution in [2.24, 2.45) is 0 Å². The Morgan fingerprint density at radius 3 is 2.60 bits per heavy atom. The number of hydrogen-bond acceptors (Lipinski definition) is 6. The molecule has 8 nitrogen and oxygen atoms in total. The van der Waals surface area contributed by atoms with Crippen LogP contribution < -0.4 is 20.4 Å². The SMILES string of the molecule is CC(=O)NCCNNc1ccc(OS(=O)(=O)O)c(C)c1. The van der Waals surface area contributed by atoms with Crippen molar-refractivity contribution in [1.29, 1.82) is 0 Å². The minimum Gasteiger partial charge on any atom is -0.362 e. The Morgan fingerprint density at radius 1 is 1.35 bits per heavy atom. The molecule has 0 saturated heterocycles. The number of amides is 1. The first kappa shape index (κ1) is 16.2. The van der Waals surface area contributed by atoms with Crippen LogP contribution in [0.4, 0.5) is 5.69 Å². The fourth-order valence-electron chi connectivity index (χ4n) is 1.40. The molecule has 4 N–H and O–H groups in total. The van der Waals surface area contributed by atoms with Crippen molar-refractivity contribution in [3.63, 3.8) is 0 Å². The summed E-state index contributed by atoms with van der Waals surface area (Å²) in [6.07, 6.45) is 0. The van der Waals surface area contributed by atoms with Crippen LogP contribution in [0.2, 0.25) is 0 Å². The van der Waals surface area contributed by atoms with E-state index in [0.717, 1.165) is 0 Å². The van der Waals surface area contributed by atoms with E-state index in [4.69, 9.17) is 4.55 Å². The van der Waals surface area contributed by atoms with E-state index in [1.165, 1.54) is 13.0 Å². The van der Waals surface area contributed by atoms with Gasteiger partial charge in [0.1, 0.15) is 5.75 Å². The maximum atomic E-state index is 10.6. The van der Waals surface area contributed by atoms with Gasteiger partial charge in [-0.3, -0.25) is 9.35 Å². The molecule has 0 spiro atoms. The highest BCUT2D eigenvalue weighted by atomic mass is 32.3. The van der Waals surface area contributed by atoms with Crippen molar-refractivity contribution >= 4 is 22.0 Å². The highest BCUT2D eigenvalue weighted by molar-refractivity contribution is 7.81. The fraction of sp³-hybridized carbons (Fsp3) is 0.364. The highest BCUT2D eigenvalue weighted by Crippen LogP contribution is 2.22. The summed E-state index contributed by atoms with van der Waals surface area (Å²) in [6, 6.07) is 4.64. The molecular weight excluding hydrogens is 286 g/mol. The molecule has 1 rings (SSSR count). The second kappa shape index (κ2) is 7.08. The van der Waals surface area contributed by atoms with E-state index in [9.17, 15) is 13.2 Å². The normalized spacial score (nSPS) is 10.9. The number of aryl methyl sites for hydroxylation is 1. The lowest BCUT2D eigenvalue weighted by Gasteiger charge is -2.11. The van der Waals surface area contributed by atoms with Crippen LogP contribution in [-0.4, -0.2) is 32.0 Å². The lowest BCUT2D eigenvalue weighted by Crippen LogP contribution is -2.33. The number of anilines is 1. The maximum Gasteiger partial charge on any atom is 0.446 e. The predicted molar refractivity (Wildman–Crippen MR) is 73.7 cm³/mol. The van der Waals surface area contributed by atoms with E-state index in [2.05, 4.69) is 20.4 Å². The van der Waals surface area contributed by atoms with Crippen molar-refractivity contribution in [2.45, 2.75) is 13.8 Å². The molecule has 1 amide bonds. The Bertz CT molecular complexity index is 573. The molecule has 0 heterocycles. The predicted octanol–water partition coefficient (Wildman–Crippen LogP) is 0.229. The van der Waals surface area contributed by atoms with Gasteiger partial charge in [0.2, 0.25) is 5.91 Å². The molecule has 0 unspecified atom stereocenters. The van der Waals surface area contributed by atoms with E-state index in [1.54, 1.807) is 19.1 Å². The van der Waals surface area contributed by atoms with Crippen LogP contribution in [0, 0.1) is 6.92 Å². The smallest absolute Gasteiger partial charge is 0.362 e. The summed E-state index contributed by atoms with van der Waals surface area (Å²) in [5.74, 6) is -0.0503. The average molecular weight is 303 g/mol. The molecule has 0 fully saturated rings. The van der Waals surface area contributed by atoms with Crippen molar-refractivity contribution < 1.29 is 21.9 Å². The van der Waals surface area contributed by atoms with Gasteiger partial charge in [0, 0.05) is 25.7 Å². The second-order valence-electron chi connectivity index (χ2n) is 4.03. The Labute approximate surface area is 117 Å². The molecule has 0 aliphatic heterocycles. The molecule has 0 aliphatic rings. The zero-order valence-corrected chi connectivity index (χ0v) is 12.0. The van der Waals surface area contributed by atoms with E-state index >= 15 is 0 Å². The molecule has 0 aliphatic carbocycles. The minimum atomic E-state index is -4.52. The number of hydrogen-bond donors (Lipinski definition) is 4. The molecule has 1 aromatic carbocycles. The first-order valence-electron chi connectivity index (χ1n) is 5.79. The quantitative estimate of drug-likeness (QED) is 0.323. The highest BCUT2D eigenvalue weighted by Gasteiger charge is 2.09. The summed E-state index contributed by atoms with van der Waals surface area (Å²) < 4.78 is 34.2. The van der Waals surface area contributed by atoms with E-state index in [1.807, 2.05) is 0 Å². The van der Waals surface area contributed by atoms with Crippen LogP contribution in [0.5, 0.6) is 5.75 Å². The molecule has 20 heavy (non-hydrogen) atoms. The van der Waals surface area contributed by atoms with Gasteiger partial charge in [-0.05, 0) is 30.7 Å². The van der Waals surface area contributed by atoms with Crippen molar-refractivity contribution in [2.75, 3.05) is 18.5 Å². The standard InChI is InChI=1S/C11H17N3O5S/c1-8-7-10(14-13-6-5-12-9(2)15)3-4-11(8)19-20(16,17)18/h3-4,7,13-14H,5-6H2,1-2H3,(H,12,15)(H,16,17,18). The fourth-order valence-corrected chi connectivity index (χ4v) is 1.81. The zero-order chi connectivity index (χ0) is 15.2. The van der Waals surface area contributed by atoms with Crippen LogP contribution in [0.3, 0.4) is 0 Å². The third-order valence-corrected chi connectivity index (χ3v) is 2.62. The zero-order valence-electron chi connectivity index (χ0n) is 11.1. The number of hydrazine groups is 1. The number of benzene rings is 1. The van der Waals surface area contributed by atoms with Gasteiger partial charge in [0.05, 0.1) is 0 Å². The number of rotatable bonds is 7. The average Bonchev–Trinajstić information content (AvgIpc) is 2.30. The first-order chi connectivity index (χ1) is 9.28. The number of carbonyl (C=O) groups excluding carboxylic acids is 1. The van der Waals surface area contributed by atoms with Gasteiger partial charge in [0.25, 0.3) is 0 Å². The second-order valence-corrected chi connectivity index (χ2v) is 5.05. The van der Waals surface area contributed by atoms with Crippen LogP contribution in [-0.2, 0) is 15.2 Å². The molecular formula is C11H17N3O5S. The van der Waals surface area contributed by atoms with E-state index < -0.39 is 10.4 Å². The van der Waals surface area contributed by atoms with Gasteiger partial charge in [-0.15, -0.1) is 0 Å². The summed E-state index contributed by atoms with van der Waals surface area (Å²) in [5.41, 5.74) is 6.99. The van der Waals surface area contributed by atoms with Crippen molar-refractivity contribution in [3.8, 4) is 5.75 Å². The Kier molecular flexibility index (Phi) is 5.74. The topological polar surface area (TPSA) is 117 Å². The van der Waals surface area contributed by atoms with Crippen LogP contribution >= 0.6 is 0 Å². The van der Waals surface area contributed by atoms with E-state index in [-0.39, 0.29) is 11.7 Å². The van der Waals surface area contributed by atoms with Gasteiger partial charge >= 0.3 is 10.4 Å². The van der Waals surface area contributed by atoms with Crippen molar-refractivity contribution in [3.05, 3.63) is 23.8 Å². The molecule has 1 aromatic rings. The summed E-state index contributed by atoms with van der Waals surface area (Å²) in [4.78, 5) is 10.6. The molecule has 0 aromatic heterocycles. The Balaban J connectivity index is 2.49. The summed E-state index contributed by atoms with van der Waals surface area (Å²) in [7, 11) is -4.52. The third-order valence-electron chi connectivity index (χ3n) is 2.23. The van der Waals surface area contributed by atoms with Crippen molar-refractivity contribution in [1.82, 2.24) is 10.7 Å². The van der Waals surface area contributed by atoms with Gasteiger partial charge in [-0.2, -0.15) is 8.42 Å². The monoisotopic (exact) mass is 303 g/mol. The summed E-state index contributed by atoms with van der Waals surface area (Å²) in [5, 5.41) is 2.62. The maximum absolute atomic E-state index is 10.6. The van der Waals surface area contributed by atoms with Crippen LogP contribution in [0.15, 0.2) is 18.2 Å². The number of carbonyl (C=O) groups is 1. The Morgan fingerprint density at radius 2 is 2.05 bits per heavy atom. The molecule has 9 heteroatoms. The minimum absolute atomic E-state index is 0.0521. The Hall–Kier alpha value is -1.84. The third kappa shape index (κ3) is 6.36. The molecule has 0 saturated carbocycles. The first-order valence-corrected chi connectivity index (χ1v) is 7.15. The van der Waals surface area contributed by atoms with Gasteiger partial charge in [-0.1, -0.05) is 0 Å². The van der Waals surface area contributed by atoms with Gasteiger partial charge in [-0.25, -0.2) is 5.43 Å². The number of nitrogens with one attached hydrogen (secondary N) is 3. The molecule has 0 atom stereocenters. The van der Waals surface area contributed by atoms with Crippen LogP contribution in [0.25, 0.3) is 0 Å². The molecule has 0 bridgehead atoms. The molecule has 0 radical (unpaired) electrons. The summed E-state index contributed by atoms with van der Waals surface area (Å²) in [6.45, 7) is 4.07. The van der Waals surface area contributed by atoms with Crippen LogP contribution in [0.1, 0.15) is 12.5 Å². The molecule has 112 valence electrons. The van der Waals surface area contributed by atoms with Gasteiger partial charge in [0.15, 0.2) is 0 Å². The van der Waals surface area contributed by atoms with Gasteiger partial charge < -0.3 is 14.9 Å². The lowest BCUT2D eigenvalue weighted by atomic mass is 10.2. The summed E-state index contributed by atoms with van der Waals surface area (Å²) >= 11 is 0. The van der Waals surface area contributed by atoms with E-state index in [0.29, 0.717) is 24.3 Å². The lowest BCUT2D eigenvalue weighted by molar-refractivity contribution is -0.118. The largest absolute Gasteiger partial charge is 0.446 e.